The van der Waals surface area contributed by atoms with Crippen LogP contribution in [0.1, 0.15) is 13.8 Å². The highest BCUT2D eigenvalue weighted by Crippen LogP contribution is 2.18. The standard InChI is InChI=1S/C14H21N3/c1-3-16(4-2)9-10-17-8-7-12-11-13(15)5-6-14(12)17/h5-8,11H,3-4,9-10,15H2,1-2H3. The van der Waals surface area contributed by atoms with Gasteiger partial charge in [-0.05, 0) is 37.4 Å². The van der Waals surface area contributed by atoms with Crippen LogP contribution in [0.25, 0.3) is 10.9 Å². The van der Waals surface area contributed by atoms with Crippen molar-refractivity contribution < 1.29 is 0 Å². The number of anilines is 1. The van der Waals surface area contributed by atoms with Gasteiger partial charge in [0.25, 0.3) is 0 Å². The largest absolute Gasteiger partial charge is 0.399 e. The van der Waals surface area contributed by atoms with Gasteiger partial charge in [-0.25, -0.2) is 0 Å². The molecule has 0 aliphatic rings. The molecule has 1 heterocycles. The summed E-state index contributed by atoms with van der Waals surface area (Å²) in [4.78, 5) is 2.43. The fourth-order valence-corrected chi connectivity index (χ4v) is 2.20. The van der Waals surface area contributed by atoms with Gasteiger partial charge in [-0.15, -0.1) is 0 Å². The minimum atomic E-state index is 0.832. The third kappa shape index (κ3) is 2.61. The van der Waals surface area contributed by atoms with Gasteiger partial charge in [0.15, 0.2) is 0 Å². The monoisotopic (exact) mass is 231 g/mol. The lowest BCUT2D eigenvalue weighted by Crippen LogP contribution is -2.26. The Labute approximate surface area is 103 Å². The van der Waals surface area contributed by atoms with Crippen LogP contribution in [0.4, 0.5) is 5.69 Å². The van der Waals surface area contributed by atoms with Gasteiger partial charge in [-0.3, -0.25) is 0 Å². The molecule has 0 unspecified atom stereocenters. The molecule has 0 amide bonds. The maximum absolute atomic E-state index is 5.78. The van der Waals surface area contributed by atoms with Gasteiger partial charge < -0.3 is 15.2 Å². The maximum Gasteiger partial charge on any atom is 0.0482 e. The molecule has 0 saturated heterocycles. The van der Waals surface area contributed by atoms with E-state index in [9.17, 15) is 0 Å². The minimum Gasteiger partial charge on any atom is -0.399 e. The Morgan fingerprint density at radius 2 is 1.94 bits per heavy atom. The Morgan fingerprint density at radius 3 is 2.65 bits per heavy atom. The van der Waals surface area contributed by atoms with E-state index in [0.29, 0.717) is 0 Å². The Bertz CT molecular complexity index is 483. The smallest absolute Gasteiger partial charge is 0.0482 e. The van der Waals surface area contributed by atoms with Crippen molar-refractivity contribution in [2.45, 2.75) is 20.4 Å². The summed E-state index contributed by atoms with van der Waals surface area (Å²) in [5.41, 5.74) is 7.88. The average molecular weight is 231 g/mol. The molecule has 0 bridgehead atoms. The number of hydrogen-bond donors (Lipinski definition) is 1. The predicted octanol–water partition coefficient (Wildman–Crippen LogP) is 2.57. The first-order chi connectivity index (χ1) is 8.24. The zero-order valence-electron chi connectivity index (χ0n) is 10.7. The van der Waals surface area contributed by atoms with Crippen LogP contribution in [-0.4, -0.2) is 29.1 Å². The van der Waals surface area contributed by atoms with Crippen molar-refractivity contribution in [1.29, 1.82) is 0 Å². The zero-order chi connectivity index (χ0) is 12.3. The quantitative estimate of drug-likeness (QED) is 0.802. The molecule has 0 radical (unpaired) electrons. The molecule has 92 valence electrons. The van der Waals surface area contributed by atoms with Crippen molar-refractivity contribution in [3.63, 3.8) is 0 Å². The fraction of sp³-hybridized carbons (Fsp3) is 0.429. The van der Waals surface area contributed by atoms with E-state index in [0.717, 1.165) is 31.9 Å². The van der Waals surface area contributed by atoms with Gasteiger partial charge in [0.05, 0.1) is 0 Å². The summed E-state index contributed by atoms with van der Waals surface area (Å²) in [7, 11) is 0. The number of benzene rings is 1. The molecule has 3 heteroatoms. The van der Waals surface area contributed by atoms with Crippen LogP contribution in [0.2, 0.25) is 0 Å². The molecule has 0 fully saturated rings. The van der Waals surface area contributed by atoms with Crippen LogP contribution in [0.15, 0.2) is 30.5 Å². The third-order valence-electron chi connectivity index (χ3n) is 3.35. The fourth-order valence-electron chi connectivity index (χ4n) is 2.20. The van der Waals surface area contributed by atoms with Crippen LogP contribution in [0.3, 0.4) is 0 Å². The van der Waals surface area contributed by atoms with Crippen LogP contribution in [0.5, 0.6) is 0 Å². The van der Waals surface area contributed by atoms with Crippen molar-refractivity contribution in [3.8, 4) is 0 Å². The highest BCUT2D eigenvalue weighted by molar-refractivity contribution is 5.83. The SMILES string of the molecule is CCN(CC)CCn1ccc2cc(N)ccc21. The molecule has 1 aromatic carbocycles. The summed E-state index contributed by atoms with van der Waals surface area (Å²) >= 11 is 0. The van der Waals surface area contributed by atoms with Gasteiger partial charge in [0.1, 0.15) is 0 Å². The summed E-state index contributed by atoms with van der Waals surface area (Å²) in [6, 6.07) is 8.24. The minimum absolute atomic E-state index is 0.832. The van der Waals surface area contributed by atoms with Crippen molar-refractivity contribution in [1.82, 2.24) is 9.47 Å². The number of nitrogens with zero attached hydrogens (tertiary/aromatic N) is 2. The highest BCUT2D eigenvalue weighted by atomic mass is 15.1. The van der Waals surface area contributed by atoms with E-state index in [-0.39, 0.29) is 0 Å². The summed E-state index contributed by atoms with van der Waals surface area (Å²) < 4.78 is 2.30. The second-order valence-electron chi connectivity index (χ2n) is 4.35. The number of nitrogens with two attached hydrogens (primary N) is 1. The zero-order valence-corrected chi connectivity index (χ0v) is 10.7. The lowest BCUT2D eigenvalue weighted by Gasteiger charge is -2.18. The molecule has 0 atom stereocenters. The number of fused-ring (bicyclic) bond motifs is 1. The summed E-state index contributed by atoms with van der Waals surface area (Å²) in [6.07, 6.45) is 2.15. The third-order valence-corrected chi connectivity index (χ3v) is 3.35. The van der Waals surface area contributed by atoms with Crippen molar-refractivity contribution in [3.05, 3.63) is 30.5 Å². The second kappa shape index (κ2) is 5.23. The lowest BCUT2D eigenvalue weighted by molar-refractivity contribution is 0.292. The van der Waals surface area contributed by atoms with E-state index in [1.807, 2.05) is 12.1 Å². The van der Waals surface area contributed by atoms with Crippen molar-refractivity contribution in [2.24, 2.45) is 0 Å². The number of rotatable bonds is 5. The predicted molar refractivity (Wildman–Crippen MR) is 74.1 cm³/mol. The molecule has 0 aliphatic carbocycles. The Morgan fingerprint density at radius 1 is 1.18 bits per heavy atom. The van der Waals surface area contributed by atoms with E-state index in [4.69, 9.17) is 5.73 Å². The highest BCUT2D eigenvalue weighted by Gasteiger charge is 2.03. The van der Waals surface area contributed by atoms with Crippen molar-refractivity contribution in [2.75, 3.05) is 25.4 Å². The van der Waals surface area contributed by atoms with Gasteiger partial charge in [0.2, 0.25) is 0 Å². The van der Waals surface area contributed by atoms with E-state index in [2.05, 4.69) is 41.6 Å². The average Bonchev–Trinajstić information content (AvgIpc) is 2.73. The van der Waals surface area contributed by atoms with Crippen LogP contribution in [-0.2, 0) is 6.54 Å². The molecule has 2 rings (SSSR count). The van der Waals surface area contributed by atoms with Crippen LogP contribution >= 0.6 is 0 Å². The number of likely N-dealkylation sites (N-methyl/N-ethyl adjacent to an activating group) is 1. The molecule has 0 saturated carbocycles. The van der Waals surface area contributed by atoms with E-state index in [1.54, 1.807) is 0 Å². The summed E-state index contributed by atoms with van der Waals surface area (Å²) in [6.45, 7) is 8.78. The first-order valence-corrected chi connectivity index (χ1v) is 6.31. The molecule has 0 spiro atoms. The molecule has 3 nitrogen and oxygen atoms in total. The molecular formula is C14H21N3. The molecule has 2 N–H and O–H groups in total. The van der Waals surface area contributed by atoms with E-state index in [1.165, 1.54) is 10.9 Å². The molecule has 0 aliphatic heterocycles. The molecular weight excluding hydrogens is 210 g/mol. The van der Waals surface area contributed by atoms with Crippen LogP contribution < -0.4 is 5.73 Å². The Hall–Kier alpha value is -1.48. The second-order valence-corrected chi connectivity index (χ2v) is 4.35. The topological polar surface area (TPSA) is 34.2 Å². The van der Waals surface area contributed by atoms with Gasteiger partial charge in [-0.1, -0.05) is 13.8 Å². The van der Waals surface area contributed by atoms with Gasteiger partial charge in [-0.2, -0.15) is 0 Å². The maximum atomic E-state index is 5.78. The number of nitrogen functional groups attached to an aromatic ring is 1. The first kappa shape index (κ1) is 12.0. The molecule has 1 aromatic heterocycles. The number of aromatic nitrogens is 1. The molecule has 2 aromatic rings. The lowest BCUT2D eigenvalue weighted by atomic mass is 10.2. The van der Waals surface area contributed by atoms with E-state index >= 15 is 0 Å². The van der Waals surface area contributed by atoms with Crippen LogP contribution in [0, 0.1) is 0 Å². The van der Waals surface area contributed by atoms with Gasteiger partial charge in [0, 0.05) is 35.9 Å². The summed E-state index contributed by atoms with van der Waals surface area (Å²) in [5.74, 6) is 0. The van der Waals surface area contributed by atoms with E-state index < -0.39 is 0 Å². The first-order valence-electron chi connectivity index (χ1n) is 6.31. The van der Waals surface area contributed by atoms with Gasteiger partial charge >= 0.3 is 0 Å². The number of hydrogen-bond acceptors (Lipinski definition) is 2. The Balaban J connectivity index is 2.14. The van der Waals surface area contributed by atoms with Crippen molar-refractivity contribution >= 4 is 16.6 Å². The normalized spacial score (nSPS) is 11.5. The Kier molecular flexibility index (Phi) is 3.69. The molecule has 17 heavy (non-hydrogen) atoms. The summed E-state index contributed by atoms with van der Waals surface area (Å²) in [5, 5.41) is 1.23.